The van der Waals surface area contributed by atoms with Gasteiger partial charge in [0.25, 0.3) is 0 Å². The van der Waals surface area contributed by atoms with E-state index in [4.69, 9.17) is 9.52 Å². The number of aryl methyl sites for hydroxylation is 1. The lowest BCUT2D eigenvalue weighted by Crippen LogP contribution is -1.85. The fourth-order valence-corrected chi connectivity index (χ4v) is 1.10. The zero-order valence-corrected chi connectivity index (χ0v) is 8.64. The van der Waals surface area contributed by atoms with Crippen LogP contribution < -0.4 is 0 Å². The summed E-state index contributed by atoms with van der Waals surface area (Å²) in [4.78, 5) is 10.2. The number of carboxylic acids is 1. The van der Waals surface area contributed by atoms with E-state index in [1.165, 1.54) is 6.08 Å². The van der Waals surface area contributed by atoms with Crippen LogP contribution >= 0.6 is 0 Å². The molecule has 0 unspecified atom stereocenters. The van der Waals surface area contributed by atoms with Crippen LogP contribution in [0.3, 0.4) is 0 Å². The molecule has 0 amide bonds. The number of hydrogen-bond acceptors (Lipinski definition) is 4. The van der Waals surface area contributed by atoms with E-state index >= 15 is 0 Å². The predicted molar refractivity (Wildman–Crippen MR) is 54.2 cm³/mol. The minimum atomic E-state index is -1.03. The largest absolute Gasteiger partial charge is 0.478 e. The summed E-state index contributed by atoms with van der Waals surface area (Å²) in [5.41, 5.74) is 0. The molecule has 0 bridgehead atoms. The van der Waals surface area contributed by atoms with Crippen LogP contribution in [0.25, 0.3) is 6.08 Å². The molecule has 0 saturated heterocycles. The minimum Gasteiger partial charge on any atom is -0.478 e. The Hall–Kier alpha value is -1.65. The Morgan fingerprint density at radius 1 is 1.47 bits per heavy atom. The zero-order chi connectivity index (χ0) is 11.1. The number of rotatable bonds is 6. The van der Waals surface area contributed by atoms with Crippen molar-refractivity contribution >= 4 is 12.0 Å². The Morgan fingerprint density at radius 3 is 2.93 bits per heavy atom. The fourth-order valence-electron chi connectivity index (χ4n) is 1.10. The highest BCUT2D eigenvalue weighted by Crippen LogP contribution is 2.06. The van der Waals surface area contributed by atoms with Gasteiger partial charge in [0.1, 0.15) is 0 Å². The summed E-state index contributed by atoms with van der Waals surface area (Å²) in [6, 6.07) is 0. The van der Waals surface area contributed by atoms with Gasteiger partial charge in [-0.05, 0) is 6.42 Å². The van der Waals surface area contributed by atoms with Crippen molar-refractivity contribution < 1.29 is 14.3 Å². The molecule has 0 atom stereocenters. The van der Waals surface area contributed by atoms with Gasteiger partial charge in [0.2, 0.25) is 11.8 Å². The Bertz CT molecular complexity index is 344. The van der Waals surface area contributed by atoms with Gasteiger partial charge >= 0.3 is 5.97 Å². The molecule has 1 heterocycles. The third-order valence-corrected chi connectivity index (χ3v) is 1.85. The van der Waals surface area contributed by atoms with Crippen LogP contribution in [-0.2, 0) is 11.2 Å². The maximum absolute atomic E-state index is 10.2. The van der Waals surface area contributed by atoms with Gasteiger partial charge in [-0.3, -0.25) is 0 Å². The van der Waals surface area contributed by atoms with Crippen LogP contribution in [0.4, 0.5) is 0 Å². The van der Waals surface area contributed by atoms with Crippen molar-refractivity contribution in [3.63, 3.8) is 0 Å². The Morgan fingerprint density at radius 2 is 2.27 bits per heavy atom. The molecule has 5 heteroatoms. The Labute approximate surface area is 87.8 Å². The second-order valence-corrected chi connectivity index (χ2v) is 3.16. The highest BCUT2D eigenvalue weighted by Gasteiger charge is 2.02. The molecule has 0 saturated carbocycles. The topological polar surface area (TPSA) is 76.2 Å². The third-order valence-electron chi connectivity index (χ3n) is 1.85. The first kappa shape index (κ1) is 11.4. The van der Waals surface area contributed by atoms with Gasteiger partial charge in [-0.15, -0.1) is 10.2 Å². The second kappa shape index (κ2) is 5.95. The van der Waals surface area contributed by atoms with Gasteiger partial charge in [-0.1, -0.05) is 19.8 Å². The van der Waals surface area contributed by atoms with E-state index in [0.717, 1.165) is 31.8 Å². The molecule has 1 N–H and O–H groups in total. The first-order valence-corrected chi connectivity index (χ1v) is 4.95. The van der Waals surface area contributed by atoms with Crippen molar-refractivity contribution in [1.82, 2.24) is 10.2 Å². The van der Waals surface area contributed by atoms with Gasteiger partial charge in [0.15, 0.2) is 0 Å². The van der Waals surface area contributed by atoms with Gasteiger partial charge in [0, 0.05) is 18.6 Å². The summed E-state index contributed by atoms with van der Waals surface area (Å²) in [6.07, 6.45) is 6.30. The molecule has 1 rings (SSSR count). The van der Waals surface area contributed by atoms with Gasteiger partial charge in [-0.2, -0.15) is 0 Å². The van der Waals surface area contributed by atoms with E-state index in [9.17, 15) is 4.79 Å². The number of hydrogen-bond donors (Lipinski definition) is 1. The summed E-state index contributed by atoms with van der Waals surface area (Å²) < 4.78 is 5.21. The normalized spacial score (nSPS) is 11.0. The standard InChI is InChI=1S/C10H14N2O3/c1-2-3-4-5-8-11-12-9(15-8)6-7-10(13)14/h6-7H,2-5H2,1H3,(H,13,14)/b7-6+. The van der Waals surface area contributed by atoms with Crippen molar-refractivity contribution in [3.05, 3.63) is 17.9 Å². The number of unbranched alkanes of at least 4 members (excludes halogenated alkanes) is 2. The van der Waals surface area contributed by atoms with E-state index in [1.54, 1.807) is 0 Å². The molecule has 5 nitrogen and oxygen atoms in total. The minimum absolute atomic E-state index is 0.240. The SMILES string of the molecule is CCCCCc1nnc(/C=C/C(=O)O)o1. The first-order valence-electron chi connectivity index (χ1n) is 4.95. The fraction of sp³-hybridized carbons (Fsp3) is 0.500. The molecule has 1 aromatic rings. The van der Waals surface area contributed by atoms with Crippen molar-refractivity contribution in [2.24, 2.45) is 0 Å². The van der Waals surface area contributed by atoms with Gasteiger partial charge < -0.3 is 9.52 Å². The molecular formula is C10H14N2O3. The average Bonchev–Trinajstić information content (AvgIpc) is 2.63. The Balaban J connectivity index is 2.45. The van der Waals surface area contributed by atoms with Crippen LogP contribution in [-0.4, -0.2) is 21.3 Å². The molecule has 15 heavy (non-hydrogen) atoms. The molecule has 0 aromatic carbocycles. The number of carboxylic acid groups (broad SMARTS) is 1. The predicted octanol–water partition coefficient (Wildman–Crippen LogP) is 1.90. The average molecular weight is 210 g/mol. The second-order valence-electron chi connectivity index (χ2n) is 3.16. The monoisotopic (exact) mass is 210 g/mol. The smallest absolute Gasteiger partial charge is 0.328 e. The van der Waals surface area contributed by atoms with Crippen molar-refractivity contribution in [3.8, 4) is 0 Å². The lowest BCUT2D eigenvalue weighted by atomic mass is 10.2. The van der Waals surface area contributed by atoms with Crippen LogP contribution in [0.2, 0.25) is 0 Å². The molecule has 0 aliphatic carbocycles. The number of aromatic nitrogens is 2. The number of aliphatic carboxylic acids is 1. The molecule has 0 spiro atoms. The van der Waals surface area contributed by atoms with Crippen LogP contribution in [0, 0.1) is 0 Å². The van der Waals surface area contributed by atoms with Gasteiger partial charge in [-0.25, -0.2) is 4.79 Å². The molecule has 0 fully saturated rings. The van der Waals surface area contributed by atoms with Crippen molar-refractivity contribution in [1.29, 1.82) is 0 Å². The third kappa shape index (κ3) is 4.39. The zero-order valence-electron chi connectivity index (χ0n) is 8.64. The number of nitrogens with zero attached hydrogens (tertiary/aromatic N) is 2. The van der Waals surface area contributed by atoms with Gasteiger partial charge in [0.05, 0.1) is 0 Å². The van der Waals surface area contributed by atoms with Crippen molar-refractivity contribution in [2.45, 2.75) is 32.6 Å². The summed E-state index contributed by atoms with van der Waals surface area (Å²) in [5, 5.41) is 15.9. The van der Waals surface area contributed by atoms with E-state index in [1.807, 2.05) is 0 Å². The van der Waals surface area contributed by atoms with E-state index in [-0.39, 0.29) is 5.89 Å². The highest BCUT2D eigenvalue weighted by atomic mass is 16.4. The van der Waals surface area contributed by atoms with Crippen molar-refractivity contribution in [2.75, 3.05) is 0 Å². The maximum Gasteiger partial charge on any atom is 0.328 e. The summed E-state index contributed by atoms with van der Waals surface area (Å²) in [5.74, 6) is -0.224. The maximum atomic E-state index is 10.2. The highest BCUT2D eigenvalue weighted by molar-refractivity contribution is 5.84. The molecule has 0 aliphatic rings. The van der Waals surface area contributed by atoms with Crippen LogP contribution in [0.15, 0.2) is 10.5 Å². The van der Waals surface area contributed by atoms with Crippen LogP contribution in [0.1, 0.15) is 38.0 Å². The lowest BCUT2D eigenvalue weighted by Gasteiger charge is -1.91. The summed E-state index contributed by atoms with van der Waals surface area (Å²) >= 11 is 0. The number of carbonyl (C=O) groups is 1. The molecule has 82 valence electrons. The summed E-state index contributed by atoms with van der Waals surface area (Å²) in [7, 11) is 0. The lowest BCUT2D eigenvalue weighted by molar-refractivity contribution is -0.131. The summed E-state index contributed by atoms with van der Waals surface area (Å²) in [6.45, 7) is 2.12. The quantitative estimate of drug-likeness (QED) is 0.573. The molecule has 0 radical (unpaired) electrons. The Kier molecular flexibility index (Phi) is 4.53. The first-order chi connectivity index (χ1) is 7.22. The van der Waals surface area contributed by atoms with E-state index in [2.05, 4.69) is 17.1 Å². The van der Waals surface area contributed by atoms with E-state index in [0.29, 0.717) is 5.89 Å². The molecule has 0 aliphatic heterocycles. The van der Waals surface area contributed by atoms with E-state index < -0.39 is 5.97 Å². The molecular weight excluding hydrogens is 196 g/mol. The molecule has 1 aromatic heterocycles. The van der Waals surface area contributed by atoms with Crippen LogP contribution in [0.5, 0.6) is 0 Å².